The van der Waals surface area contributed by atoms with Crippen LogP contribution in [-0.2, 0) is 5.41 Å². The van der Waals surface area contributed by atoms with Gasteiger partial charge in [-0.05, 0) is 31.2 Å². The minimum absolute atomic E-state index is 0.171. The summed E-state index contributed by atoms with van der Waals surface area (Å²) < 4.78 is 1.74. The van der Waals surface area contributed by atoms with Crippen molar-refractivity contribution < 1.29 is 9.90 Å². The van der Waals surface area contributed by atoms with Crippen molar-refractivity contribution in [1.82, 2.24) is 9.78 Å². The Morgan fingerprint density at radius 3 is 2.29 bits per heavy atom. The van der Waals surface area contributed by atoms with E-state index in [0.717, 1.165) is 22.3 Å². The minimum atomic E-state index is -0.385. The number of carbonyl (C=O) groups is 1. The van der Waals surface area contributed by atoms with Gasteiger partial charge in [-0.15, -0.1) is 0 Å². The van der Waals surface area contributed by atoms with Gasteiger partial charge in [0.05, 0.1) is 17.1 Å². The van der Waals surface area contributed by atoms with Crippen LogP contribution in [0, 0.1) is 6.92 Å². The monoisotopic (exact) mass is 414 g/mol. The maximum absolute atomic E-state index is 12.9. The average Bonchev–Trinajstić information content (AvgIpc) is 3.15. The molecular formula is C25H26N4O2. The van der Waals surface area contributed by atoms with Gasteiger partial charge in [-0.3, -0.25) is 5.32 Å². The molecule has 1 heterocycles. The molecule has 158 valence electrons. The number of hydrogen-bond acceptors (Lipinski definition) is 3. The van der Waals surface area contributed by atoms with Crippen molar-refractivity contribution >= 4 is 28.3 Å². The summed E-state index contributed by atoms with van der Waals surface area (Å²) in [6.07, 6.45) is 0. The van der Waals surface area contributed by atoms with Gasteiger partial charge in [-0.1, -0.05) is 62.7 Å². The number of anilines is 2. The second-order valence-electron chi connectivity index (χ2n) is 8.67. The van der Waals surface area contributed by atoms with E-state index in [1.807, 2.05) is 61.5 Å². The van der Waals surface area contributed by atoms with Gasteiger partial charge in [0.2, 0.25) is 0 Å². The van der Waals surface area contributed by atoms with Gasteiger partial charge in [-0.2, -0.15) is 5.10 Å². The first-order valence-corrected chi connectivity index (χ1v) is 10.2. The molecule has 0 bridgehead atoms. The summed E-state index contributed by atoms with van der Waals surface area (Å²) in [7, 11) is 0. The molecule has 3 N–H and O–H groups in total. The van der Waals surface area contributed by atoms with Gasteiger partial charge < -0.3 is 10.4 Å². The summed E-state index contributed by atoms with van der Waals surface area (Å²) in [5.74, 6) is 0.753. The zero-order valence-electron chi connectivity index (χ0n) is 18.1. The van der Waals surface area contributed by atoms with Gasteiger partial charge in [0.1, 0.15) is 11.6 Å². The number of urea groups is 1. The lowest BCUT2D eigenvalue weighted by atomic mass is 9.92. The first kappa shape index (κ1) is 20.5. The Labute approximate surface area is 181 Å². The number of fused-ring (bicyclic) bond motifs is 1. The number of hydrogen-bond donors (Lipinski definition) is 3. The number of phenols is 1. The Morgan fingerprint density at radius 1 is 0.935 bits per heavy atom. The van der Waals surface area contributed by atoms with Crippen LogP contribution in [0.4, 0.5) is 16.3 Å². The lowest BCUT2D eigenvalue weighted by Gasteiger charge is -2.14. The number of nitrogens with one attached hydrogen (secondary N) is 2. The molecule has 0 unspecified atom stereocenters. The van der Waals surface area contributed by atoms with Crippen LogP contribution in [0.3, 0.4) is 0 Å². The Bertz CT molecular complexity index is 1250. The van der Waals surface area contributed by atoms with E-state index in [9.17, 15) is 9.90 Å². The fourth-order valence-corrected chi connectivity index (χ4v) is 3.38. The summed E-state index contributed by atoms with van der Waals surface area (Å²) in [5, 5.41) is 22.1. The van der Waals surface area contributed by atoms with E-state index in [2.05, 4.69) is 31.4 Å². The molecule has 0 radical (unpaired) electrons. The number of carbonyl (C=O) groups excluding carboxylic acids is 1. The summed E-state index contributed by atoms with van der Waals surface area (Å²) in [6.45, 7) is 8.28. The van der Waals surface area contributed by atoms with Gasteiger partial charge in [-0.25, -0.2) is 9.48 Å². The Balaban J connectivity index is 1.66. The molecule has 0 aliphatic rings. The molecular weight excluding hydrogens is 388 g/mol. The first-order valence-electron chi connectivity index (χ1n) is 10.2. The number of aromatic hydroxyl groups is 1. The van der Waals surface area contributed by atoms with Crippen LogP contribution >= 0.6 is 0 Å². The fraction of sp³-hybridized carbons (Fsp3) is 0.200. The van der Waals surface area contributed by atoms with Crippen LogP contribution in [0.5, 0.6) is 5.75 Å². The molecule has 3 aromatic carbocycles. The quantitative estimate of drug-likeness (QED) is 0.361. The predicted molar refractivity (Wildman–Crippen MR) is 125 cm³/mol. The normalized spacial score (nSPS) is 11.5. The molecule has 0 atom stereocenters. The van der Waals surface area contributed by atoms with E-state index in [4.69, 9.17) is 5.10 Å². The highest BCUT2D eigenvalue weighted by molar-refractivity contribution is 6.07. The number of rotatable bonds is 3. The van der Waals surface area contributed by atoms with E-state index >= 15 is 0 Å². The Kier molecular flexibility index (Phi) is 5.15. The van der Waals surface area contributed by atoms with Crippen LogP contribution in [0.1, 0.15) is 32.0 Å². The second-order valence-corrected chi connectivity index (χ2v) is 8.67. The largest absolute Gasteiger partial charge is 0.507 e. The number of benzene rings is 3. The first-order chi connectivity index (χ1) is 14.7. The number of aromatic nitrogens is 2. The molecule has 4 rings (SSSR count). The van der Waals surface area contributed by atoms with Crippen molar-refractivity contribution in [3.05, 3.63) is 78.0 Å². The zero-order chi connectivity index (χ0) is 22.2. The molecule has 31 heavy (non-hydrogen) atoms. The van der Waals surface area contributed by atoms with Gasteiger partial charge >= 0.3 is 6.03 Å². The summed E-state index contributed by atoms with van der Waals surface area (Å²) in [4.78, 5) is 12.9. The maximum Gasteiger partial charge on any atom is 0.324 e. The molecule has 2 amide bonds. The van der Waals surface area contributed by atoms with Crippen molar-refractivity contribution in [1.29, 1.82) is 0 Å². The third-order valence-corrected chi connectivity index (χ3v) is 5.15. The van der Waals surface area contributed by atoms with Crippen LogP contribution in [-0.4, -0.2) is 20.9 Å². The minimum Gasteiger partial charge on any atom is -0.507 e. The van der Waals surface area contributed by atoms with Crippen molar-refractivity contribution in [3.8, 4) is 11.4 Å². The van der Waals surface area contributed by atoms with Crippen molar-refractivity contribution in [2.75, 3.05) is 10.6 Å². The maximum atomic E-state index is 12.9. The number of aryl methyl sites for hydroxylation is 1. The van der Waals surface area contributed by atoms with Crippen molar-refractivity contribution in [2.24, 2.45) is 0 Å². The van der Waals surface area contributed by atoms with E-state index in [1.54, 1.807) is 16.8 Å². The number of phenolic OH excluding ortho intramolecular Hbond substituents is 1. The molecule has 1 aromatic heterocycles. The van der Waals surface area contributed by atoms with E-state index in [1.165, 1.54) is 0 Å². The van der Waals surface area contributed by atoms with Crippen LogP contribution < -0.4 is 10.6 Å². The summed E-state index contributed by atoms with van der Waals surface area (Å²) in [6, 6.07) is 20.2. The van der Waals surface area contributed by atoms with Crippen molar-refractivity contribution in [2.45, 2.75) is 33.1 Å². The SMILES string of the molecule is Cc1ccc(-n2nc(C(C)(C)C)cc2NC(=O)Nc2ccc(O)c3ccccc23)cc1. The highest BCUT2D eigenvalue weighted by Crippen LogP contribution is 2.31. The molecule has 0 fully saturated rings. The topological polar surface area (TPSA) is 79.2 Å². The van der Waals surface area contributed by atoms with Gasteiger partial charge in [0.25, 0.3) is 0 Å². The van der Waals surface area contributed by atoms with Crippen LogP contribution in [0.2, 0.25) is 0 Å². The Morgan fingerprint density at radius 2 is 1.61 bits per heavy atom. The summed E-state index contributed by atoms with van der Waals surface area (Å²) in [5.41, 5.74) is 3.34. The number of amides is 2. The zero-order valence-corrected chi connectivity index (χ0v) is 18.1. The van der Waals surface area contributed by atoms with E-state index in [-0.39, 0.29) is 17.2 Å². The Hall–Kier alpha value is -3.80. The average molecular weight is 415 g/mol. The third kappa shape index (κ3) is 4.23. The third-order valence-electron chi connectivity index (χ3n) is 5.15. The van der Waals surface area contributed by atoms with Crippen molar-refractivity contribution in [3.63, 3.8) is 0 Å². The van der Waals surface area contributed by atoms with E-state index < -0.39 is 0 Å². The molecule has 0 spiro atoms. The lowest BCUT2D eigenvalue weighted by molar-refractivity contribution is 0.262. The molecule has 0 saturated carbocycles. The van der Waals surface area contributed by atoms with Gasteiger partial charge in [0, 0.05) is 22.3 Å². The second kappa shape index (κ2) is 7.80. The summed E-state index contributed by atoms with van der Waals surface area (Å²) >= 11 is 0. The smallest absolute Gasteiger partial charge is 0.324 e. The fourth-order valence-electron chi connectivity index (χ4n) is 3.38. The van der Waals surface area contributed by atoms with Gasteiger partial charge in [0.15, 0.2) is 0 Å². The molecule has 4 aromatic rings. The highest BCUT2D eigenvalue weighted by atomic mass is 16.3. The molecule has 6 heteroatoms. The number of nitrogens with zero attached hydrogens (tertiary/aromatic N) is 2. The molecule has 0 aliphatic heterocycles. The standard InChI is InChI=1S/C25H26N4O2/c1-16-9-11-17(12-10-16)29-23(15-22(28-29)25(2,3)4)27-24(31)26-20-13-14-21(30)19-8-6-5-7-18(19)20/h5-15,30H,1-4H3,(H2,26,27,31). The highest BCUT2D eigenvalue weighted by Gasteiger charge is 2.21. The van der Waals surface area contributed by atoms with Crippen LogP contribution in [0.15, 0.2) is 66.7 Å². The molecule has 0 saturated heterocycles. The van der Waals surface area contributed by atoms with E-state index in [0.29, 0.717) is 16.9 Å². The lowest BCUT2D eigenvalue weighted by Crippen LogP contribution is -2.21. The van der Waals surface area contributed by atoms with Crippen LogP contribution in [0.25, 0.3) is 16.5 Å². The molecule has 0 aliphatic carbocycles. The predicted octanol–water partition coefficient (Wildman–Crippen LogP) is 5.98. The molecule has 6 nitrogen and oxygen atoms in total.